The molecule has 4 nitrogen and oxygen atoms in total. The summed E-state index contributed by atoms with van der Waals surface area (Å²) < 4.78 is 6.05. The van der Waals surface area contributed by atoms with Crippen molar-refractivity contribution < 1.29 is 9.53 Å². The Morgan fingerprint density at radius 2 is 1.73 bits per heavy atom. The lowest BCUT2D eigenvalue weighted by Gasteiger charge is -2.15. The number of nitrogens with one attached hydrogen (secondary N) is 2. The minimum atomic E-state index is -0.0353. The van der Waals surface area contributed by atoms with Crippen LogP contribution in [0.15, 0.2) is 42.5 Å². The molecule has 0 aliphatic heterocycles. The van der Waals surface area contributed by atoms with Crippen LogP contribution in [-0.4, -0.2) is 19.5 Å². The van der Waals surface area contributed by atoms with E-state index in [1.807, 2.05) is 63.4 Å². The Bertz CT molecular complexity index is 633. The average Bonchev–Trinajstić information content (AvgIpc) is 2.50. The van der Waals surface area contributed by atoms with Crippen LogP contribution in [0.2, 0.25) is 0 Å². The van der Waals surface area contributed by atoms with Gasteiger partial charge in [-0.25, -0.2) is 0 Å². The van der Waals surface area contributed by atoms with E-state index in [0.29, 0.717) is 24.4 Å². The topological polar surface area (TPSA) is 50.4 Å². The Hall–Kier alpha value is -2.33. The minimum Gasteiger partial charge on any atom is -0.455 e. The number of para-hydroxylation sites is 3. The van der Waals surface area contributed by atoms with Gasteiger partial charge in [0.25, 0.3) is 0 Å². The van der Waals surface area contributed by atoms with Gasteiger partial charge in [-0.15, -0.1) is 0 Å². The summed E-state index contributed by atoms with van der Waals surface area (Å²) in [5, 5.41) is 5.86. The van der Waals surface area contributed by atoms with E-state index >= 15 is 0 Å². The van der Waals surface area contributed by atoms with E-state index in [9.17, 15) is 4.79 Å². The van der Waals surface area contributed by atoms with E-state index in [2.05, 4.69) is 10.6 Å². The molecule has 116 valence electrons. The van der Waals surface area contributed by atoms with Gasteiger partial charge in [-0.3, -0.25) is 4.79 Å². The van der Waals surface area contributed by atoms with Gasteiger partial charge in [-0.05, 0) is 44.2 Å². The maximum Gasteiger partial charge on any atom is 0.225 e. The molecule has 0 aromatic heterocycles. The van der Waals surface area contributed by atoms with Gasteiger partial charge in [0.15, 0.2) is 5.75 Å². The lowest BCUT2D eigenvalue weighted by atomic mass is 10.1. The first-order valence-electron chi connectivity index (χ1n) is 7.39. The van der Waals surface area contributed by atoms with Gasteiger partial charge in [-0.1, -0.05) is 30.3 Å². The second-order valence-electron chi connectivity index (χ2n) is 5.22. The van der Waals surface area contributed by atoms with Crippen LogP contribution in [0.1, 0.15) is 17.5 Å². The maximum atomic E-state index is 11.9. The van der Waals surface area contributed by atoms with Gasteiger partial charge in [0.2, 0.25) is 5.91 Å². The summed E-state index contributed by atoms with van der Waals surface area (Å²) in [6.07, 6.45) is 0.425. The van der Waals surface area contributed by atoms with Gasteiger partial charge in [0.1, 0.15) is 5.75 Å². The third-order valence-corrected chi connectivity index (χ3v) is 3.38. The van der Waals surface area contributed by atoms with Crippen molar-refractivity contribution in [2.75, 3.05) is 18.9 Å². The van der Waals surface area contributed by atoms with Crippen molar-refractivity contribution in [2.24, 2.45) is 0 Å². The first-order valence-corrected chi connectivity index (χ1v) is 7.39. The Morgan fingerprint density at radius 1 is 1.05 bits per heavy atom. The summed E-state index contributed by atoms with van der Waals surface area (Å²) in [7, 11) is 1.82. The molecule has 2 rings (SSSR count). The summed E-state index contributed by atoms with van der Waals surface area (Å²) in [6, 6.07) is 13.5. The Balaban J connectivity index is 2.20. The molecule has 4 heteroatoms. The molecule has 0 saturated carbocycles. The summed E-state index contributed by atoms with van der Waals surface area (Å²) in [4.78, 5) is 11.9. The van der Waals surface area contributed by atoms with Crippen molar-refractivity contribution in [1.29, 1.82) is 0 Å². The largest absolute Gasteiger partial charge is 0.455 e. The second-order valence-corrected chi connectivity index (χ2v) is 5.22. The zero-order chi connectivity index (χ0) is 15.9. The number of anilines is 1. The summed E-state index contributed by atoms with van der Waals surface area (Å²) in [5.41, 5.74) is 2.82. The minimum absolute atomic E-state index is 0.0353. The van der Waals surface area contributed by atoms with E-state index in [1.165, 1.54) is 0 Å². The average molecular weight is 298 g/mol. The van der Waals surface area contributed by atoms with Gasteiger partial charge in [0, 0.05) is 13.0 Å². The van der Waals surface area contributed by atoms with Crippen LogP contribution >= 0.6 is 0 Å². The molecular formula is C18H22N2O2. The number of benzene rings is 2. The number of ether oxygens (including phenoxy) is 1. The van der Waals surface area contributed by atoms with Crippen LogP contribution in [0.5, 0.6) is 11.5 Å². The normalized spacial score (nSPS) is 10.3. The van der Waals surface area contributed by atoms with Crippen LogP contribution in [0.3, 0.4) is 0 Å². The predicted octanol–water partition coefficient (Wildman–Crippen LogP) is 3.64. The second kappa shape index (κ2) is 7.61. The van der Waals surface area contributed by atoms with E-state index in [-0.39, 0.29) is 5.91 Å². The summed E-state index contributed by atoms with van der Waals surface area (Å²) in [5.74, 6) is 1.45. The molecule has 0 aliphatic carbocycles. The van der Waals surface area contributed by atoms with Gasteiger partial charge < -0.3 is 15.4 Å². The highest BCUT2D eigenvalue weighted by Crippen LogP contribution is 2.33. The van der Waals surface area contributed by atoms with Crippen LogP contribution in [0, 0.1) is 13.8 Å². The molecule has 0 unspecified atom stereocenters. The summed E-state index contributed by atoms with van der Waals surface area (Å²) in [6.45, 7) is 4.67. The highest BCUT2D eigenvalue weighted by Gasteiger charge is 2.10. The molecule has 0 saturated heterocycles. The molecule has 0 radical (unpaired) electrons. The van der Waals surface area contributed by atoms with E-state index in [4.69, 9.17) is 4.74 Å². The first kappa shape index (κ1) is 16.0. The Labute approximate surface area is 131 Å². The third kappa shape index (κ3) is 4.09. The Morgan fingerprint density at radius 3 is 2.41 bits per heavy atom. The quantitative estimate of drug-likeness (QED) is 0.856. The third-order valence-electron chi connectivity index (χ3n) is 3.38. The molecule has 0 bridgehead atoms. The molecule has 0 aliphatic rings. The number of carbonyl (C=O) groups is 1. The monoisotopic (exact) mass is 298 g/mol. The van der Waals surface area contributed by atoms with Crippen molar-refractivity contribution in [3.05, 3.63) is 53.6 Å². The first-order chi connectivity index (χ1) is 10.6. The van der Waals surface area contributed by atoms with Crippen molar-refractivity contribution in [3.8, 4) is 11.5 Å². The molecule has 22 heavy (non-hydrogen) atoms. The molecule has 0 fully saturated rings. The fourth-order valence-corrected chi connectivity index (χ4v) is 2.18. The fraction of sp³-hybridized carbons (Fsp3) is 0.278. The highest BCUT2D eigenvalue weighted by atomic mass is 16.5. The number of aryl methyl sites for hydroxylation is 2. The van der Waals surface area contributed by atoms with Crippen LogP contribution < -0.4 is 15.4 Å². The number of carbonyl (C=O) groups excluding carboxylic acids is 1. The van der Waals surface area contributed by atoms with Gasteiger partial charge >= 0.3 is 0 Å². The standard InChI is InChI=1S/C18H22N2O2/c1-13-7-6-8-14(2)18(13)22-16-10-5-4-9-15(16)20-17(21)11-12-19-3/h4-10,19H,11-12H2,1-3H3,(H,20,21). The molecule has 2 aromatic carbocycles. The molecule has 1 amide bonds. The fourth-order valence-electron chi connectivity index (χ4n) is 2.18. The number of rotatable bonds is 6. The Kier molecular flexibility index (Phi) is 5.55. The van der Waals surface area contributed by atoms with E-state index in [1.54, 1.807) is 0 Å². The molecular weight excluding hydrogens is 276 g/mol. The van der Waals surface area contributed by atoms with Crippen molar-refractivity contribution in [1.82, 2.24) is 5.32 Å². The zero-order valence-electron chi connectivity index (χ0n) is 13.3. The smallest absolute Gasteiger partial charge is 0.225 e. The molecule has 2 N–H and O–H groups in total. The van der Waals surface area contributed by atoms with Gasteiger partial charge in [-0.2, -0.15) is 0 Å². The molecule has 0 heterocycles. The highest BCUT2D eigenvalue weighted by molar-refractivity contribution is 5.92. The zero-order valence-corrected chi connectivity index (χ0v) is 13.3. The van der Waals surface area contributed by atoms with Crippen LogP contribution in [-0.2, 0) is 4.79 Å². The summed E-state index contributed by atoms with van der Waals surface area (Å²) >= 11 is 0. The van der Waals surface area contributed by atoms with Crippen LogP contribution in [0.4, 0.5) is 5.69 Å². The lowest BCUT2D eigenvalue weighted by molar-refractivity contribution is -0.116. The number of hydrogen-bond donors (Lipinski definition) is 2. The lowest BCUT2D eigenvalue weighted by Crippen LogP contribution is -2.19. The van der Waals surface area contributed by atoms with E-state index < -0.39 is 0 Å². The van der Waals surface area contributed by atoms with Crippen molar-refractivity contribution >= 4 is 11.6 Å². The SMILES string of the molecule is CNCCC(=O)Nc1ccccc1Oc1c(C)cccc1C. The van der Waals surface area contributed by atoms with Crippen molar-refractivity contribution in [3.63, 3.8) is 0 Å². The van der Waals surface area contributed by atoms with E-state index in [0.717, 1.165) is 16.9 Å². The molecule has 0 spiro atoms. The number of hydrogen-bond acceptors (Lipinski definition) is 3. The number of amides is 1. The molecule has 2 aromatic rings. The maximum absolute atomic E-state index is 11.9. The molecule has 0 atom stereocenters. The van der Waals surface area contributed by atoms with Crippen LogP contribution in [0.25, 0.3) is 0 Å². The van der Waals surface area contributed by atoms with Gasteiger partial charge in [0.05, 0.1) is 5.69 Å². The predicted molar refractivity (Wildman–Crippen MR) is 89.6 cm³/mol. The van der Waals surface area contributed by atoms with Crippen molar-refractivity contribution in [2.45, 2.75) is 20.3 Å².